The molecule has 2 rings (SSSR count). The van der Waals surface area contributed by atoms with Crippen molar-refractivity contribution in [3.05, 3.63) is 22.2 Å². The van der Waals surface area contributed by atoms with Gasteiger partial charge in [0.15, 0.2) is 5.75 Å². The zero-order valence-electron chi connectivity index (χ0n) is 17.2. The Bertz CT molecular complexity index is 704. The summed E-state index contributed by atoms with van der Waals surface area (Å²) in [5.41, 5.74) is 0.546. The molecule has 1 amide bonds. The van der Waals surface area contributed by atoms with Crippen LogP contribution in [0, 0.1) is 10.1 Å². The zero-order valence-corrected chi connectivity index (χ0v) is 17.2. The van der Waals surface area contributed by atoms with Gasteiger partial charge in [-0.25, -0.2) is 0 Å². The second-order valence-corrected chi connectivity index (χ2v) is 7.24. The maximum Gasteiger partial charge on any atom is 0.314 e. The fraction of sp³-hybridized carbons (Fsp3) is 0.632. The van der Waals surface area contributed by atoms with E-state index >= 15 is 0 Å². The quantitative estimate of drug-likeness (QED) is 0.333. The summed E-state index contributed by atoms with van der Waals surface area (Å²) in [4.78, 5) is 26.7. The number of amides is 1. The van der Waals surface area contributed by atoms with Gasteiger partial charge in [-0.05, 0) is 26.9 Å². The van der Waals surface area contributed by atoms with E-state index in [4.69, 9.17) is 14.6 Å². The summed E-state index contributed by atoms with van der Waals surface area (Å²) in [7, 11) is 5.09. The average molecular weight is 410 g/mol. The molecule has 0 radical (unpaired) electrons. The zero-order chi connectivity index (χ0) is 21.4. The van der Waals surface area contributed by atoms with Gasteiger partial charge in [-0.1, -0.05) is 0 Å². The number of nitrogens with zero attached hydrogens (tertiary/aromatic N) is 3. The molecule has 1 saturated heterocycles. The molecule has 1 aromatic rings. The number of likely N-dealkylation sites (N-methyl/N-ethyl adjacent to an activating group) is 1. The van der Waals surface area contributed by atoms with Gasteiger partial charge in [0, 0.05) is 38.2 Å². The number of methoxy groups -OCH3 is 1. The summed E-state index contributed by atoms with van der Waals surface area (Å²) in [6, 6.07) is 3.09. The largest absolute Gasteiger partial charge is 0.491 e. The van der Waals surface area contributed by atoms with Gasteiger partial charge in [0.1, 0.15) is 5.75 Å². The number of nitro benzene ring substituents is 1. The Hall–Kier alpha value is -2.59. The van der Waals surface area contributed by atoms with Crippen LogP contribution in [0.5, 0.6) is 11.5 Å². The molecule has 29 heavy (non-hydrogen) atoms. The van der Waals surface area contributed by atoms with E-state index in [0.717, 1.165) is 12.8 Å². The number of nitrogens with one attached hydrogen (secondary N) is 1. The summed E-state index contributed by atoms with van der Waals surface area (Å²) in [5, 5.41) is 23.4. The van der Waals surface area contributed by atoms with Crippen molar-refractivity contribution in [2.45, 2.75) is 25.3 Å². The van der Waals surface area contributed by atoms with E-state index in [2.05, 4.69) is 10.2 Å². The maximum absolute atomic E-state index is 12.0. The van der Waals surface area contributed by atoms with Crippen molar-refractivity contribution < 1.29 is 24.3 Å². The molecule has 1 heterocycles. The number of rotatable bonds is 10. The van der Waals surface area contributed by atoms with Crippen molar-refractivity contribution in [3.8, 4) is 11.5 Å². The number of hydrogen-bond donors (Lipinski definition) is 2. The third kappa shape index (κ3) is 6.47. The van der Waals surface area contributed by atoms with E-state index in [0.29, 0.717) is 37.5 Å². The van der Waals surface area contributed by atoms with E-state index in [9.17, 15) is 14.9 Å². The van der Waals surface area contributed by atoms with Crippen LogP contribution in [0.3, 0.4) is 0 Å². The van der Waals surface area contributed by atoms with Gasteiger partial charge in [-0.3, -0.25) is 14.9 Å². The van der Waals surface area contributed by atoms with Gasteiger partial charge in [0.05, 0.1) is 36.9 Å². The Morgan fingerprint density at radius 2 is 2.03 bits per heavy atom. The SMILES string of the molecule is COc1cc(N2CCC(NC(=O)CN(C)C)CC2)c(OCCCO)cc1[N+](=O)[O-]. The van der Waals surface area contributed by atoms with Gasteiger partial charge in [-0.2, -0.15) is 0 Å². The molecule has 1 fully saturated rings. The molecular formula is C19H30N4O6. The molecule has 0 saturated carbocycles. The molecule has 2 N–H and O–H groups in total. The highest BCUT2D eigenvalue weighted by atomic mass is 16.6. The minimum absolute atomic E-state index is 0.00141. The number of anilines is 1. The van der Waals surface area contributed by atoms with Crippen LogP contribution in [0.1, 0.15) is 19.3 Å². The molecule has 10 nitrogen and oxygen atoms in total. The van der Waals surface area contributed by atoms with Crippen molar-refractivity contribution >= 4 is 17.3 Å². The Balaban J connectivity index is 2.13. The van der Waals surface area contributed by atoms with Crippen LogP contribution in [0.25, 0.3) is 0 Å². The summed E-state index contributed by atoms with van der Waals surface area (Å²) in [6.07, 6.45) is 1.95. The van der Waals surface area contributed by atoms with Crippen LogP contribution < -0.4 is 19.7 Å². The smallest absolute Gasteiger partial charge is 0.314 e. The first-order valence-corrected chi connectivity index (χ1v) is 9.64. The van der Waals surface area contributed by atoms with Crippen molar-refractivity contribution in [1.82, 2.24) is 10.2 Å². The van der Waals surface area contributed by atoms with Crippen molar-refractivity contribution in [1.29, 1.82) is 0 Å². The highest BCUT2D eigenvalue weighted by molar-refractivity contribution is 5.78. The first-order valence-electron chi connectivity index (χ1n) is 9.64. The Kier molecular flexibility index (Phi) is 8.47. The molecule has 0 spiro atoms. The topological polar surface area (TPSA) is 117 Å². The Labute approximate surface area is 170 Å². The number of benzene rings is 1. The number of piperidine rings is 1. The Morgan fingerprint density at radius 3 is 2.59 bits per heavy atom. The first kappa shape index (κ1) is 22.7. The lowest BCUT2D eigenvalue weighted by molar-refractivity contribution is -0.385. The van der Waals surface area contributed by atoms with E-state index in [1.54, 1.807) is 6.07 Å². The standard InChI is InChI=1S/C19H30N4O6/c1-21(2)13-19(25)20-14-5-7-22(8-6-14)15-11-17(28-3)16(23(26)27)12-18(15)29-10-4-9-24/h11-12,14,24H,4-10,13H2,1-3H3,(H,20,25). The number of carbonyl (C=O) groups excluding carboxylic acids is 1. The van der Waals surface area contributed by atoms with E-state index < -0.39 is 4.92 Å². The number of aliphatic hydroxyl groups is 1. The Morgan fingerprint density at radius 1 is 1.34 bits per heavy atom. The molecule has 0 aliphatic carbocycles. The fourth-order valence-corrected chi connectivity index (χ4v) is 3.28. The summed E-state index contributed by atoms with van der Waals surface area (Å²) >= 11 is 0. The van der Waals surface area contributed by atoms with Crippen molar-refractivity contribution in [2.75, 3.05) is 59.0 Å². The predicted octanol–water partition coefficient (Wildman–Crippen LogP) is 1.01. The van der Waals surface area contributed by atoms with Crippen LogP contribution in [0.2, 0.25) is 0 Å². The van der Waals surface area contributed by atoms with Crippen LogP contribution in [0.15, 0.2) is 12.1 Å². The van der Waals surface area contributed by atoms with Crippen LogP contribution >= 0.6 is 0 Å². The minimum atomic E-state index is -0.506. The van der Waals surface area contributed by atoms with Crippen LogP contribution in [-0.2, 0) is 4.79 Å². The average Bonchev–Trinajstić information content (AvgIpc) is 2.67. The molecule has 0 atom stereocenters. The highest BCUT2D eigenvalue weighted by Gasteiger charge is 2.27. The van der Waals surface area contributed by atoms with Crippen LogP contribution in [0.4, 0.5) is 11.4 Å². The summed E-state index contributed by atoms with van der Waals surface area (Å²) in [5.74, 6) is 0.556. The predicted molar refractivity (Wildman–Crippen MR) is 109 cm³/mol. The monoisotopic (exact) mass is 410 g/mol. The third-order valence-corrected chi connectivity index (χ3v) is 4.68. The number of hydrogen-bond acceptors (Lipinski definition) is 8. The van der Waals surface area contributed by atoms with E-state index in [-0.39, 0.29) is 36.6 Å². The molecule has 1 aliphatic rings. The molecule has 0 unspecified atom stereocenters. The van der Waals surface area contributed by atoms with Gasteiger partial charge < -0.3 is 29.7 Å². The molecule has 0 aromatic heterocycles. The first-order chi connectivity index (χ1) is 13.8. The van der Waals surface area contributed by atoms with E-state index in [1.807, 2.05) is 19.0 Å². The van der Waals surface area contributed by atoms with Gasteiger partial charge in [-0.15, -0.1) is 0 Å². The molecule has 1 aromatic carbocycles. The second kappa shape index (κ2) is 10.8. The van der Waals surface area contributed by atoms with E-state index in [1.165, 1.54) is 13.2 Å². The molecule has 1 aliphatic heterocycles. The van der Waals surface area contributed by atoms with Gasteiger partial charge in [0.2, 0.25) is 5.91 Å². The minimum Gasteiger partial charge on any atom is -0.491 e. The maximum atomic E-state index is 12.0. The van der Waals surface area contributed by atoms with Crippen molar-refractivity contribution in [3.63, 3.8) is 0 Å². The molecule has 162 valence electrons. The van der Waals surface area contributed by atoms with Crippen LogP contribution in [-0.4, -0.2) is 80.9 Å². The summed E-state index contributed by atoms with van der Waals surface area (Å²) < 4.78 is 10.9. The lowest BCUT2D eigenvalue weighted by atomic mass is 10.0. The number of ether oxygens (including phenoxy) is 2. The number of nitro groups is 1. The lowest BCUT2D eigenvalue weighted by Gasteiger charge is -2.35. The third-order valence-electron chi connectivity index (χ3n) is 4.68. The van der Waals surface area contributed by atoms with Gasteiger partial charge in [0.25, 0.3) is 0 Å². The fourth-order valence-electron chi connectivity index (χ4n) is 3.28. The summed E-state index contributed by atoms with van der Waals surface area (Å²) in [6.45, 7) is 1.92. The normalized spacial score (nSPS) is 14.7. The van der Waals surface area contributed by atoms with Gasteiger partial charge >= 0.3 is 5.69 Å². The number of carbonyl (C=O) groups is 1. The molecule has 0 bridgehead atoms. The molecular weight excluding hydrogens is 380 g/mol. The second-order valence-electron chi connectivity index (χ2n) is 7.24. The highest BCUT2D eigenvalue weighted by Crippen LogP contribution is 2.40. The number of aliphatic hydroxyl groups excluding tert-OH is 1. The molecule has 10 heteroatoms. The van der Waals surface area contributed by atoms with Crippen molar-refractivity contribution in [2.24, 2.45) is 0 Å². The lowest BCUT2D eigenvalue weighted by Crippen LogP contribution is -2.46.